The monoisotopic (exact) mass is 306 g/mol. The summed E-state index contributed by atoms with van der Waals surface area (Å²) >= 11 is 0. The maximum Gasteiger partial charge on any atom is 0.269 e. The Morgan fingerprint density at radius 1 is 1.14 bits per heavy atom. The first-order chi connectivity index (χ1) is 10.7. The number of nitro benzene ring substituents is 1. The number of nitrogens with zero attached hydrogens (tertiary/aromatic N) is 2. The van der Waals surface area contributed by atoms with Crippen LogP contribution in [-0.4, -0.2) is 49.0 Å². The molecule has 2 saturated heterocycles. The summed E-state index contributed by atoms with van der Waals surface area (Å²) in [5.41, 5.74) is 1.30. The van der Waals surface area contributed by atoms with Gasteiger partial charge in [0.2, 0.25) is 0 Å². The number of hydrogen-bond acceptors (Lipinski definition) is 5. The largest absolute Gasteiger partial charge is 0.350 e. The quantitative estimate of drug-likeness (QED) is 0.616. The molecule has 0 aliphatic carbocycles. The van der Waals surface area contributed by atoms with Gasteiger partial charge in [0, 0.05) is 24.6 Å². The molecule has 0 bridgehead atoms. The number of ether oxygens (including phenoxy) is 2. The van der Waals surface area contributed by atoms with Crippen molar-refractivity contribution in [1.29, 1.82) is 0 Å². The van der Waals surface area contributed by atoms with Crippen molar-refractivity contribution in [3.63, 3.8) is 0 Å². The lowest BCUT2D eigenvalue weighted by Gasteiger charge is -2.33. The smallest absolute Gasteiger partial charge is 0.269 e. The summed E-state index contributed by atoms with van der Waals surface area (Å²) in [6.07, 6.45) is 3.17. The van der Waals surface area contributed by atoms with Crippen LogP contribution in [0.25, 0.3) is 0 Å². The molecule has 0 amide bonds. The van der Waals surface area contributed by atoms with Crippen LogP contribution in [0.4, 0.5) is 5.69 Å². The molecule has 0 unspecified atom stereocenters. The van der Waals surface area contributed by atoms with Crippen molar-refractivity contribution >= 4 is 5.69 Å². The molecule has 2 heterocycles. The number of benzene rings is 1. The summed E-state index contributed by atoms with van der Waals surface area (Å²) in [6, 6.07) is 6.86. The Kier molecular flexibility index (Phi) is 5.02. The highest BCUT2D eigenvalue weighted by Crippen LogP contribution is 2.25. The number of piperidine rings is 1. The van der Waals surface area contributed by atoms with Crippen LogP contribution in [0.2, 0.25) is 0 Å². The second-order valence-corrected chi connectivity index (χ2v) is 5.96. The van der Waals surface area contributed by atoms with E-state index in [0.717, 1.165) is 57.7 Å². The summed E-state index contributed by atoms with van der Waals surface area (Å²) in [5, 5.41) is 10.6. The first kappa shape index (κ1) is 15.4. The molecule has 6 heteroatoms. The van der Waals surface area contributed by atoms with Gasteiger partial charge >= 0.3 is 0 Å². The van der Waals surface area contributed by atoms with Crippen molar-refractivity contribution in [3.8, 4) is 0 Å². The average molecular weight is 306 g/mol. The van der Waals surface area contributed by atoms with Gasteiger partial charge < -0.3 is 14.4 Å². The zero-order valence-electron chi connectivity index (χ0n) is 12.6. The number of non-ortho nitro benzene ring substituents is 1. The molecule has 0 radical (unpaired) electrons. The SMILES string of the molecule is O=[N+]([O-])c1ccc(CCN2CCC(C3OCCO3)CC2)cc1. The summed E-state index contributed by atoms with van der Waals surface area (Å²) in [7, 11) is 0. The Morgan fingerprint density at radius 2 is 1.77 bits per heavy atom. The number of hydrogen-bond donors (Lipinski definition) is 0. The highest BCUT2D eigenvalue weighted by Gasteiger charge is 2.30. The molecule has 120 valence electrons. The van der Waals surface area contributed by atoms with Crippen molar-refractivity contribution in [1.82, 2.24) is 4.90 Å². The predicted octanol–water partition coefficient (Wildman–Crippen LogP) is 2.22. The third kappa shape index (κ3) is 3.82. The maximum atomic E-state index is 10.6. The second kappa shape index (κ2) is 7.17. The molecule has 2 aliphatic heterocycles. The summed E-state index contributed by atoms with van der Waals surface area (Å²) in [5.74, 6) is 0.526. The summed E-state index contributed by atoms with van der Waals surface area (Å²) in [4.78, 5) is 12.7. The first-order valence-electron chi connectivity index (χ1n) is 7.91. The van der Waals surface area contributed by atoms with Crippen molar-refractivity contribution < 1.29 is 14.4 Å². The second-order valence-electron chi connectivity index (χ2n) is 5.96. The number of nitro groups is 1. The van der Waals surface area contributed by atoms with Crippen LogP contribution in [0.1, 0.15) is 18.4 Å². The molecule has 3 rings (SSSR count). The lowest BCUT2D eigenvalue weighted by molar-refractivity contribution is -0.384. The third-order valence-electron chi connectivity index (χ3n) is 4.53. The van der Waals surface area contributed by atoms with Crippen LogP contribution < -0.4 is 0 Å². The molecule has 1 aromatic carbocycles. The lowest BCUT2D eigenvalue weighted by atomic mass is 9.96. The molecule has 0 aromatic heterocycles. The maximum absolute atomic E-state index is 10.6. The molecular weight excluding hydrogens is 284 g/mol. The Labute approximate surface area is 130 Å². The minimum Gasteiger partial charge on any atom is -0.350 e. The molecule has 6 nitrogen and oxygen atoms in total. The van der Waals surface area contributed by atoms with Crippen LogP contribution in [0.5, 0.6) is 0 Å². The predicted molar refractivity (Wildman–Crippen MR) is 81.7 cm³/mol. The molecule has 0 N–H and O–H groups in total. The van der Waals surface area contributed by atoms with Crippen LogP contribution in [0.3, 0.4) is 0 Å². The van der Waals surface area contributed by atoms with Gasteiger partial charge in [-0.25, -0.2) is 0 Å². The zero-order valence-corrected chi connectivity index (χ0v) is 12.6. The van der Waals surface area contributed by atoms with E-state index >= 15 is 0 Å². The van der Waals surface area contributed by atoms with Gasteiger partial charge in [-0.2, -0.15) is 0 Å². The van der Waals surface area contributed by atoms with Gasteiger partial charge in [0.25, 0.3) is 5.69 Å². The van der Waals surface area contributed by atoms with E-state index in [1.165, 1.54) is 0 Å². The van der Waals surface area contributed by atoms with Gasteiger partial charge in [-0.3, -0.25) is 10.1 Å². The molecule has 0 saturated carbocycles. The summed E-state index contributed by atoms with van der Waals surface area (Å²) in [6.45, 7) is 4.59. The van der Waals surface area contributed by atoms with Gasteiger partial charge in [0.1, 0.15) is 0 Å². The fraction of sp³-hybridized carbons (Fsp3) is 0.625. The van der Waals surface area contributed by atoms with Crippen molar-refractivity contribution in [2.24, 2.45) is 5.92 Å². The zero-order chi connectivity index (χ0) is 15.4. The van der Waals surface area contributed by atoms with Crippen LogP contribution in [-0.2, 0) is 15.9 Å². The Hall–Kier alpha value is -1.50. The van der Waals surface area contributed by atoms with E-state index in [-0.39, 0.29) is 16.9 Å². The van der Waals surface area contributed by atoms with E-state index < -0.39 is 0 Å². The fourth-order valence-electron chi connectivity index (χ4n) is 3.17. The van der Waals surface area contributed by atoms with Gasteiger partial charge in [0.05, 0.1) is 18.1 Å². The Balaban J connectivity index is 1.42. The van der Waals surface area contributed by atoms with E-state index in [4.69, 9.17) is 9.47 Å². The van der Waals surface area contributed by atoms with Gasteiger partial charge in [-0.05, 0) is 37.9 Å². The topological polar surface area (TPSA) is 64.8 Å². The van der Waals surface area contributed by atoms with E-state index in [9.17, 15) is 10.1 Å². The minimum atomic E-state index is -0.359. The molecule has 22 heavy (non-hydrogen) atoms. The number of rotatable bonds is 5. The average Bonchev–Trinajstić information content (AvgIpc) is 3.08. The summed E-state index contributed by atoms with van der Waals surface area (Å²) < 4.78 is 11.2. The van der Waals surface area contributed by atoms with Crippen LogP contribution in [0.15, 0.2) is 24.3 Å². The van der Waals surface area contributed by atoms with Gasteiger partial charge in [0.15, 0.2) is 6.29 Å². The van der Waals surface area contributed by atoms with Crippen LogP contribution in [0, 0.1) is 16.0 Å². The van der Waals surface area contributed by atoms with Crippen molar-refractivity contribution in [3.05, 3.63) is 39.9 Å². The molecule has 2 fully saturated rings. The minimum absolute atomic E-state index is 0.0109. The standard InChI is InChI=1S/C16H22N2O4/c19-18(20)15-3-1-13(2-4-15)5-8-17-9-6-14(7-10-17)16-21-11-12-22-16/h1-4,14,16H,5-12H2. The van der Waals surface area contributed by atoms with Crippen LogP contribution >= 0.6 is 0 Å². The Bertz CT molecular complexity index is 491. The molecule has 2 aliphatic rings. The number of likely N-dealkylation sites (tertiary alicyclic amines) is 1. The van der Waals surface area contributed by atoms with E-state index in [1.807, 2.05) is 12.1 Å². The normalized spacial score (nSPS) is 21.3. The molecule has 1 aromatic rings. The van der Waals surface area contributed by atoms with E-state index in [1.54, 1.807) is 12.1 Å². The highest BCUT2D eigenvalue weighted by molar-refractivity contribution is 5.32. The third-order valence-corrected chi connectivity index (χ3v) is 4.53. The van der Waals surface area contributed by atoms with Crippen molar-refractivity contribution in [2.45, 2.75) is 25.6 Å². The fourth-order valence-corrected chi connectivity index (χ4v) is 3.17. The van der Waals surface area contributed by atoms with E-state index in [0.29, 0.717) is 5.92 Å². The molecule has 0 spiro atoms. The van der Waals surface area contributed by atoms with Crippen molar-refractivity contribution in [2.75, 3.05) is 32.8 Å². The van der Waals surface area contributed by atoms with Gasteiger partial charge in [-0.15, -0.1) is 0 Å². The highest BCUT2D eigenvalue weighted by atomic mass is 16.7. The molecular formula is C16H22N2O4. The Morgan fingerprint density at radius 3 is 2.36 bits per heavy atom. The van der Waals surface area contributed by atoms with E-state index in [2.05, 4.69) is 4.90 Å². The molecule has 0 atom stereocenters. The lowest BCUT2D eigenvalue weighted by Crippen LogP contribution is -2.39. The first-order valence-corrected chi connectivity index (χ1v) is 7.91. The van der Waals surface area contributed by atoms with Gasteiger partial charge in [-0.1, -0.05) is 12.1 Å².